The predicted molar refractivity (Wildman–Crippen MR) is 83.8 cm³/mol. The highest BCUT2D eigenvalue weighted by Gasteiger charge is 2.60. The molecule has 1 fully saturated rings. The summed E-state index contributed by atoms with van der Waals surface area (Å²) in [4.78, 5) is 12.2. The Morgan fingerprint density at radius 3 is 2.39 bits per heavy atom. The molecule has 0 aromatic carbocycles. The van der Waals surface area contributed by atoms with Crippen LogP contribution in [-0.2, 0) is 0 Å². The van der Waals surface area contributed by atoms with Gasteiger partial charge in [-0.3, -0.25) is 4.79 Å². The monoisotopic (exact) mass is 378 g/mol. The lowest BCUT2D eigenvalue weighted by atomic mass is 9.48. The van der Waals surface area contributed by atoms with Gasteiger partial charge in [0.25, 0.3) is 5.91 Å². The molecule has 1 aromatic heterocycles. The first-order valence-electron chi connectivity index (χ1n) is 5.98. The number of hydrogen-bond donors (Lipinski definition) is 2. The Balaban J connectivity index is 2.13. The Bertz CT molecular complexity index is 465. The minimum absolute atomic E-state index is 0.00668. The summed E-state index contributed by atoms with van der Waals surface area (Å²) in [6.07, 6.45) is 0. The summed E-state index contributed by atoms with van der Waals surface area (Å²) in [6.45, 7) is 8.47. The average molecular weight is 378 g/mol. The van der Waals surface area contributed by atoms with Gasteiger partial charge in [0.1, 0.15) is 0 Å². The molecule has 1 aliphatic carbocycles. The highest BCUT2D eigenvalue weighted by molar-refractivity contribution is 14.1. The van der Waals surface area contributed by atoms with E-state index in [1.165, 1.54) is 0 Å². The molecule has 1 saturated carbocycles. The number of thiophene rings is 1. The van der Waals surface area contributed by atoms with Gasteiger partial charge in [0.15, 0.2) is 0 Å². The Morgan fingerprint density at radius 2 is 1.94 bits per heavy atom. The number of carbonyl (C=O) groups is 1. The average Bonchev–Trinajstić information content (AvgIpc) is 2.71. The number of carbonyl (C=O) groups excluding carboxylic acids is 1. The molecule has 0 bridgehead atoms. The maximum absolute atomic E-state index is 12.2. The molecule has 0 unspecified atom stereocenters. The van der Waals surface area contributed by atoms with Crippen molar-refractivity contribution in [1.29, 1.82) is 0 Å². The van der Waals surface area contributed by atoms with Crippen LogP contribution in [0, 0.1) is 13.7 Å². The largest absolute Gasteiger partial charge is 0.348 e. The lowest BCUT2D eigenvalue weighted by Crippen LogP contribution is -2.76. The Hall–Kier alpha value is -0.140. The van der Waals surface area contributed by atoms with Gasteiger partial charge in [0.05, 0.1) is 8.45 Å². The fourth-order valence-electron chi connectivity index (χ4n) is 3.20. The Kier molecular flexibility index (Phi) is 3.53. The standard InChI is InChI=1S/C13H19IN2OS/c1-12(2)10(15)13(3,4)11(12)16-9(17)7-5-8(14)18-6-7/h5-6,10-11H,15H2,1-4H3,(H,16,17). The molecule has 0 radical (unpaired) electrons. The van der Waals surface area contributed by atoms with E-state index >= 15 is 0 Å². The van der Waals surface area contributed by atoms with Crippen LogP contribution in [0.2, 0.25) is 0 Å². The van der Waals surface area contributed by atoms with E-state index in [-0.39, 0.29) is 28.8 Å². The van der Waals surface area contributed by atoms with E-state index in [4.69, 9.17) is 5.73 Å². The normalized spacial score (nSPS) is 28.6. The fraction of sp³-hybridized carbons (Fsp3) is 0.615. The van der Waals surface area contributed by atoms with Gasteiger partial charge in [-0.2, -0.15) is 0 Å². The van der Waals surface area contributed by atoms with Crippen molar-refractivity contribution in [3.05, 3.63) is 19.9 Å². The van der Waals surface area contributed by atoms with E-state index in [1.807, 2.05) is 11.4 Å². The minimum atomic E-state index is -0.0532. The molecule has 100 valence electrons. The van der Waals surface area contributed by atoms with Crippen molar-refractivity contribution in [1.82, 2.24) is 5.32 Å². The van der Waals surface area contributed by atoms with E-state index in [0.29, 0.717) is 0 Å². The second-order valence-corrected chi connectivity index (χ2v) is 8.97. The van der Waals surface area contributed by atoms with Crippen molar-refractivity contribution < 1.29 is 4.79 Å². The minimum Gasteiger partial charge on any atom is -0.348 e. The van der Waals surface area contributed by atoms with Gasteiger partial charge >= 0.3 is 0 Å². The van der Waals surface area contributed by atoms with Gasteiger partial charge in [-0.25, -0.2) is 0 Å². The first-order chi connectivity index (χ1) is 8.17. The van der Waals surface area contributed by atoms with Crippen LogP contribution in [0.4, 0.5) is 0 Å². The topological polar surface area (TPSA) is 55.1 Å². The van der Waals surface area contributed by atoms with Crippen LogP contribution >= 0.6 is 33.9 Å². The van der Waals surface area contributed by atoms with Gasteiger partial charge in [-0.15, -0.1) is 11.3 Å². The van der Waals surface area contributed by atoms with Gasteiger partial charge < -0.3 is 11.1 Å². The molecule has 2 rings (SSSR count). The molecule has 0 saturated heterocycles. The van der Waals surface area contributed by atoms with Crippen molar-refractivity contribution in [3.8, 4) is 0 Å². The molecule has 5 heteroatoms. The highest BCUT2D eigenvalue weighted by atomic mass is 127. The quantitative estimate of drug-likeness (QED) is 0.778. The molecule has 3 N–H and O–H groups in total. The SMILES string of the molecule is CC1(C)C(N)C(C)(C)C1NC(=O)c1csc(I)c1. The molecule has 0 spiro atoms. The summed E-state index contributed by atoms with van der Waals surface area (Å²) in [5, 5.41) is 5.04. The molecule has 1 heterocycles. The summed E-state index contributed by atoms with van der Waals surface area (Å²) < 4.78 is 1.13. The van der Waals surface area contributed by atoms with Crippen LogP contribution in [0.5, 0.6) is 0 Å². The summed E-state index contributed by atoms with van der Waals surface area (Å²) in [6, 6.07) is 2.14. The smallest absolute Gasteiger partial charge is 0.252 e. The number of nitrogens with two attached hydrogens (primary N) is 1. The van der Waals surface area contributed by atoms with Crippen LogP contribution in [0.15, 0.2) is 11.4 Å². The highest BCUT2D eigenvalue weighted by Crippen LogP contribution is 2.52. The fourth-order valence-corrected chi connectivity index (χ4v) is 4.52. The molecule has 0 atom stereocenters. The van der Waals surface area contributed by atoms with Crippen molar-refractivity contribution in [2.24, 2.45) is 16.6 Å². The van der Waals surface area contributed by atoms with Crippen molar-refractivity contribution >= 4 is 39.8 Å². The van der Waals surface area contributed by atoms with Crippen LogP contribution in [-0.4, -0.2) is 18.0 Å². The van der Waals surface area contributed by atoms with Gasteiger partial charge in [-0.1, -0.05) is 27.7 Å². The third-order valence-electron chi connectivity index (χ3n) is 4.20. The third-order valence-corrected chi connectivity index (χ3v) is 5.99. The number of nitrogens with one attached hydrogen (secondary N) is 1. The van der Waals surface area contributed by atoms with Crippen molar-refractivity contribution in [2.75, 3.05) is 0 Å². The van der Waals surface area contributed by atoms with E-state index in [1.54, 1.807) is 11.3 Å². The van der Waals surface area contributed by atoms with Gasteiger partial charge in [0, 0.05) is 28.3 Å². The molecular weight excluding hydrogens is 359 g/mol. The summed E-state index contributed by atoms with van der Waals surface area (Å²) in [5.41, 5.74) is 6.83. The Labute approximate surface area is 126 Å². The van der Waals surface area contributed by atoms with Crippen molar-refractivity contribution in [2.45, 2.75) is 39.8 Å². The summed E-state index contributed by atoms with van der Waals surface area (Å²) in [7, 11) is 0. The molecule has 1 aliphatic rings. The van der Waals surface area contributed by atoms with Crippen LogP contribution in [0.3, 0.4) is 0 Å². The zero-order valence-electron chi connectivity index (χ0n) is 11.1. The Morgan fingerprint density at radius 1 is 1.39 bits per heavy atom. The number of rotatable bonds is 2. The lowest BCUT2D eigenvalue weighted by molar-refractivity contribution is -0.0663. The van der Waals surface area contributed by atoms with Crippen molar-refractivity contribution in [3.63, 3.8) is 0 Å². The zero-order valence-corrected chi connectivity index (χ0v) is 14.1. The lowest BCUT2D eigenvalue weighted by Gasteiger charge is -2.62. The van der Waals surface area contributed by atoms with Crippen LogP contribution < -0.4 is 11.1 Å². The van der Waals surface area contributed by atoms with E-state index in [9.17, 15) is 4.79 Å². The second-order valence-electron chi connectivity index (χ2n) is 6.17. The second kappa shape index (κ2) is 4.45. The molecule has 3 nitrogen and oxygen atoms in total. The van der Waals surface area contributed by atoms with E-state index in [2.05, 4.69) is 55.6 Å². The molecule has 18 heavy (non-hydrogen) atoms. The van der Waals surface area contributed by atoms with Crippen LogP contribution in [0.25, 0.3) is 0 Å². The third kappa shape index (κ3) is 2.10. The van der Waals surface area contributed by atoms with Gasteiger partial charge in [0.2, 0.25) is 0 Å². The predicted octanol–water partition coefficient (Wildman–Crippen LogP) is 2.84. The van der Waals surface area contributed by atoms with Gasteiger partial charge in [-0.05, 0) is 28.7 Å². The maximum atomic E-state index is 12.2. The van der Waals surface area contributed by atoms with Crippen LogP contribution in [0.1, 0.15) is 38.1 Å². The summed E-state index contributed by atoms with van der Waals surface area (Å²) in [5.74, 6) is 0.00668. The summed E-state index contributed by atoms with van der Waals surface area (Å²) >= 11 is 3.81. The van der Waals surface area contributed by atoms with E-state index in [0.717, 1.165) is 8.45 Å². The molecule has 1 amide bonds. The number of amides is 1. The number of hydrogen-bond acceptors (Lipinski definition) is 3. The van der Waals surface area contributed by atoms with E-state index < -0.39 is 0 Å². The molecule has 1 aromatic rings. The maximum Gasteiger partial charge on any atom is 0.252 e. The first kappa shape index (κ1) is 14.3. The first-order valence-corrected chi connectivity index (χ1v) is 7.93. The molecule has 0 aliphatic heterocycles. The molecular formula is C13H19IN2OS. The number of halogens is 1. The zero-order chi connectivity index (χ0) is 13.7.